The Morgan fingerprint density at radius 2 is 2.00 bits per heavy atom. The summed E-state index contributed by atoms with van der Waals surface area (Å²) in [5, 5.41) is 10.0. The van der Waals surface area contributed by atoms with Crippen LogP contribution in [0.15, 0.2) is 30.3 Å². The third-order valence-corrected chi connectivity index (χ3v) is 5.44. The number of likely N-dealkylation sites (tertiary alicyclic amines) is 1. The van der Waals surface area contributed by atoms with Gasteiger partial charge in [-0.05, 0) is 45.2 Å². The molecule has 1 saturated heterocycles. The van der Waals surface area contributed by atoms with Crippen molar-refractivity contribution in [3.05, 3.63) is 35.9 Å². The average molecular weight is 346 g/mol. The molecule has 1 heterocycles. The molecule has 6 heteroatoms. The van der Waals surface area contributed by atoms with Crippen LogP contribution < -0.4 is 0 Å². The van der Waals surface area contributed by atoms with Crippen molar-refractivity contribution in [2.75, 3.05) is 13.6 Å². The van der Waals surface area contributed by atoms with E-state index < -0.39 is 17.6 Å². The summed E-state index contributed by atoms with van der Waals surface area (Å²) in [5.41, 5.74) is -0.270. The van der Waals surface area contributed by atoms with E-state index in [0.717, 1.165) is 18.4 Å². The van der Waals surface area contributed by atoms with Gasteiger partial charge in [0.2, 0.25) is 0 Å². The van der Waals surface area contributed by atoms with Gasteiger partial charge in [-0.2, -0.15) is 0 Å². The van der Waals surface area contributed by atoms with Crippen LogP contribution >= 0.6 is 0 Å². The summed E-state index contributed by atoms with van der Waals surface area (Å²) in [7, 11) is 1.99. The van der Waals surface area contributed by atoms with Crippen molar-refractivity contribution in [1.82, 2.24) is 9.80 Å². The maximum absolute atomic E-state index is 12.8. The minimum Gasteiger partial charge on any atom is -0.479 e. The van der Waals surface area contributed by atoms with E-state index in [0.29, 0.717) is 19.4 Å². The Balaban J connectivity index is 1.78. The van der Waals surface area contributed by atoms with E-state index >= 15 is 0 Å². The van der Waals surface area contributed by atoms with Crippen molar-refractivity contribution in [3.63, 3.8) is 0 Å². The van der Waals surface area contributed by atoms with Crippen molar-refractivity contribution in [2.24, 2.45) is 0 Å². The lowest BCUT2D eigenvalue weighted by atomic mass is 9.82. The molecule has 1 aromatic carbocycles. The van der Waals surface area contributed by atoms with Crippen LogP contribution in [0.3, 0.4) is 0 Å². The van der Waals surface area contributed by atoms with Crippen molar-refractivity contribution in [1.29, 1.82) is 0 Å². The summed E-state index contributed by atoms with van der Waals surface area (Å²) in [6, 6.07) is 9.54. The van der Waals surface area contributed by atoms with E-state index in [-0.39, 0.29) is 18.7 Å². The topological polar surface area (TPSA) is 70.1 Å². The Morgan fingerprint density at radius 3 is 2.56 bits per heavy atom. The van der Waals surface area contributed by atoms with Crippen molar-refractivity contribution < 1.29 is 19.4 Å². The van der Waals surface area contributed by atoms with Crippen LogP contribution in [0.2, 0.25) is 0 Å². The molecular formula is C19H26N2O4. The van der Waals surface area contributed by atoms with Crippen LogP contribution in [-0.2, 0) is 16.1 Å². The van der Waals surface area contributed by atoms with Crippen LogP contribution in [0, 0.1) is 0 Å². The van der Waals surface area contributed by atoms with E-state index in [1.165, 1.54) is 4.90 Å². The lowest BCUT2D eigenvalue weighted by Gasteiger charge is -2.47. The highest BCUT2D eigenvalue weighted by Crippen LogP contribution is 2.40. The molecule has 1 aliphatic carbocycles. The van der Waals surface area contributed by atoms with Gasteiger partial charge in [0.15, 0.2) is 0 Å². The number of aliphatic carboxylic acids is 1. The Labute approximate surface area is 148 Å². The predicted octanol–water partition coefficient (Wildman–Crippen LogP) is 2.73. The fourth-order valence-corrected chi connectivity index (χ4v) is 3.64. The van der Waals surface area contributed by atoms with Gasteiger partial charge in [-0.15, -0.1) is 0 Å². The van der Waals surface area contributed by atoms with Gasteiger partial charge in [-0.25, -0.2) is 9.59 Å². The third kappa shape index (κ3) is 3.63. The summed E-state index contributed by atoms with van der Waals surface area (Å²) < 4.78 is 5.49. The van der Waals surface area contributed by atoms with Crippen LogP contribution in [-0.4, -0.2) is 58.2 Å². The first-order valence-electron chi connectivity index (χ1n) is 8.88. The summed E-state index contributed by atoms with van der Waals surface area (Å²) in [6.45, 7) is 2.83. The fraction of sp³-hybridized carbons (Fsp3) is 0.579. The number of hydrogen-bond acceptors (Lipinski definition) is 4. The van der Waals surface area contributed by atoms with Gasteiger partial charge >= 0.3 is 12.1 Å². The van der Waals surface area contributed by atoms with Crippen LogP contribution in [0.4, 0.5) is 4.79 Å². The molecule has 136 valence electrons. The number of benzene rings is 1. The van der Waals surface area contributed by atoms with Gasteiger partial charge in [0, 0.05) is 18.6 Å². The van der Waals surface area contributed by atoms with E-state index in [2.05, 4.69) is 4.90 Å². The van der Waals surface area contributed by atoms with Crippen molar-refractivity contribution in [2.45, 2.75) is 56.8 Å². The van der Waals surface area contributed by atoms with Gasteiger partial charge in [0.05, 0.1) is 0 Å². The van der Waals surface area contributed by atoms with E-state index in [1.54, 1.807) is 0 Å². The normalized spacial score (nSPS) is 26.9. The van der Waals surface area contributed by atoms with Crippen LogP contribution in [0.5, 0.6) is 0 Å². The van der Waals surface area contributed by atoms with Crippen LogP contribution in [0.1, 0.15) is 38.2 Å². The van der Waals surface area contributed by atoms with E-state index in [4.69, 9.17) is 4.74 Å². The average Bonchev–Trinajstić information content (AvgIpc) is 3.42. The lowest BCUT2D eigenvalue weighted by molar-refractivity contribution is -0.156. The number of carbonyl (C=O) groups excluding carboxylic acids is 1. The van der Waals surface area contributed by atoms with Crippen LogP contribution in [0.25, 0.3) is 0 Å². The van der Waals surface area contributed by atoms with Gasteiger partial charge in [-0.1, -0.05) is 30.3 Å². The highest BCUT2D eigenvalue weighted by Gasteiger charge is 2.55. The first kappa shape index (κ1) is 17.7. The monoisotopic (exact) mass is 346 g/mol. The molecule has 1 aliphatic heterocycles. The number of carboxylic acid groups (broad SMARTS) is 1. The van der Waals surface area contributed by atoms with Gasteiger partial charge < -0.3 is 14.7 Å². The zero-order valence-corrected chi connectivity index (χ0v) is 14.9. The lowest BCUT2D eigenvalue weighted by Crippen LogP contribution is -2.64. The zero-order chi connectivity index (χ0) is 18.0. The highest BCUT2D eigenvalue weighted by molar-refractivity contribution is 5.85. The van der Waals surface area contributed by atoms with Gasteiger partial charge in [0.1, 0.15) is 12.1 Å². The minimum atomic E-state index is -1.17. The fourth-order valence-electron chi connectivity index (χ4n) is 3.64. The SMILES string of the molecule is CC1CC(C(=O)O)(N(C(=O)OCc2ccccc2)C2CC2)CCN1C. The van der Waals surface area contributed by atoms with Crippen molar-refractivity contribution in [3.8, 4) is 0 Å². The molecule has 6 nitrogen and oxygen atoms in total. The molecule has 0 spiro atoms. The Kier molecular flexibility index (Phi) is 4.99. The number of carboxylic acids is 1. The second-order valence-corrected chi connectivity index (χ2v) is 7.26. The first-order chi connectivity index (χ1) is 11.9. The molecule has 1 saturated carbocycles. The molecule has 2 fully saturated rings. The number of nitrogens with zero attached hydrogens (tertiary/aromatic N) is 2. The first-order valence-corrected chi connectivity index (χ1v) is 8.88. The Hall–Kier alpha value is -2.08. The molecule has 1 N–H and O–H groups in total. The number of ether oxygens (including phenoxy) is 1. The highest BCUT2D eigenvalue weighted by atomic mass is 16.6. The molecule has 2 unspecified atom stereocenters. The molecule has 0 bridgehead atoms. The molecule has 25 heavy (non-hydrogen) atoms. The number of carbonyl (C=O) groups is 2. The van der Waals surface area contributed by atoms with Gasteiger partial charge in [-0.3, -0.25) is 4.90 Å². The third-order valence-electron chi connectivity index (χ3n) is 5.44. The molecule has 1 amide bonds. The number of hydrogen-bond donors (Lipinski definition) is 1. The summed E-state index contributed by atoms with van der Waals surface area (Å²) in [5.74, 6) is -0.920. The standard InChI is InChI=1S/C19H26N2O4/c1-14-12-19(17(22)23,10-11-20(14)2)21(16-8-9-16)18(24)25-13-15-6-4-3-5-7-15/h3-7,14,16H,8-13H2,1-2H3,(H,22,23). The molecule has 0 radical (unpaired) electrons. The van der Waals surface area contributed by atoms with E-state index in [9.17, 15) is 14.7 Å². The molecule has 2 aliphatic rings. The largest absolute Gasteiger partial charge is 0.479 e. The number of piperidine rings is 1. The van der Waals surface area contributed by atoms with Crippen molar-refractivity contribution >= 4 is 12.1 Å². The zero-order valence-electron chi connectivity index (χ0n) is 14.9. The summed E-state index contributed by atoms with van der Waals surface area (Å²) in [4.78, 5) is 28.7. The predicted molar refractivity (Wildman–Crippen MR) is 93.2 cm³/mol. The van der Waals surface area contributed by atoms with Gasteiger partial charge in [0.25, 0.3) is 0 Å². The molecular weight excluding hydrogens is 320 g/mol. The Morgan fingerprint density at radius 1 is 1.32 bits per heavy atom. The molecule has 2 atom stereocenters. The molecule has 1 aromatic rings. The smallest absolute Gasteiger partial charge is 0.411 e. The number of amides is 1. The minimum absolute atomic E-state index is 0.0185. The maximum atomic E-state index is 12.8. The molecule has 0 aromatic heterocycles. The quantitative estimate of drug-likeness (QED) is 0.888. The second kappa shape index (κ2) is 7.04. The molecule has 3 rings (SSSR count). The second-order valence-electron chi connectivity index (χ2n) is 7.26. The summed E-state index contributed by atoms with van der Waals surface area (Å²) in [6.07, 6.45) is 2.04. The number of rotatable bonds is 5. The summed E-state index contributed by atoms with van der Waals surface area (Å²) >= 11 is 0. The Bertz CT molecular complexity index is 632. The van der Waals surface area contributed by atoms with E-state index in [1.807, 2.05) is 44.3 Å². The maximum Gasteiger partial charge on any atom is 0.411 e.